The van der Waals surface area contributed by atoms with Crippen LogP contribution in [0.3, 0.4) is 0 Å². The summed E-state index contributed by atoms with van der Waals surface area (Å²) >= 11 is 7.27. The summed E-state index contributed by atoms with van der Waals surface area (Å²) in [5.74, 6) is 6.42. The number of carbonyl (C=O) groups is 1. The number of thioether (sulfide) groups is 1. The number of halogens is 1. The second-order valence-electron chi connectivity index (χ2n) is 5.30. The average molecular weight is 415 g/mol. The van der Waals surface area contributed by atoms with Gasteiger partial charge in [0.25, 0.3) is 0 Å². The predicted molar refractivity (Wildman–Crippen MR) is 106 cm³/mol. The number of carbonyl (C=O) groups excluding carboxylic acids is 1. The summed E-state index contributed by atoms with van der Waals surface area (Å²) in [7, 11) is 1.56. The van der Waals surface area contributed by atoms with E-state index in [1.165, 1.54) is 11.8 Å². The summed E-state index contributed by atoms with van der Waals surface area (Å²) in [6.45, 7) is 0.00749. The molecule has 0 bridgehead atoms. The van der Waals surface area contributed by atoms with Gasteiger partial charge >= 0.3 is 5.97 Å². The third-order valence-electron chi connectivity index (χ3n) is 3.51. The first-order valence-electron chi connectivity index (χ1n) is 8.11. The minimum absolute atomic E-state index is 0.00749. The lowest BCUT2D eigenvalue weighted by Crippen LogP contribution is -2.05. The van der Waals surface area contributed by atoms with Crippen molar-refractivity contribution in [1.29, 1.82) is 0 Å². The molecule has 9 heteroatoms. The van der Waals surface area contributed by atoms with E-state index in [0.717, 1.165) is 5.69 Å². The van der Waals surface area contributed by atoms with E-state index in [1.54, 1.807) is 48.2 Å². The lowest BCUT2D eigenvalue weighted by Gasteiger charge is -2.03. The molecule has 3 aromatic rings. The van der Waals surface area contributed by atoms with Crippen LogP contribution in [-0.2, 0) is 4.74 Å². The van der Waals surface area contributed by atoms with Crippen molar-refractivity contribution < 1.29 is 14.3 Å². The molecule has 2 aromatic carbocycles. The van der Waals surface area contributed by atoms with Gasteiger partial charge in [-0.1, -0.05) is 35.2 Å². The van der Waals surface area contributed by atoms with Gasteiger partial charge in [0, 0.05) is 5.02 Å². The first kappa shape index (κ1) is 19.7. The standard InChI is InChI=1S/C19H15ClN4O3S/c1-26-17-10-4-14(5-11-17)18(25)27-12-2-3-13-28-19-21-22-23-24(19)16-8-6-15(20)7-9-16/h4-11H,12-13H2,1H3. The van der Waals surface area contributed by atoms with Crippen LogP contribution in [0, 0.1) is 11.8 Å². The molecule has 142 valence electrons. The number of tetrazole rings is 1. The van der Waals surface area contributed by atoms with Crippen molar-refractivity contribution in [1.82, 2.24) is 20.2 Å². The quantitative estimate of drug-likeness (QED) is 0.348. The normalized spacial score (nSPS) is 10.1. The van der Waals surface area contributed by atoms with Crippen molar-refractivity contribution in [2.45, 2.75) is 5.16 Å². The van der Waals surface area contributed by atoms with Gasteiger partial charge in [0.2, 0.25) is 5.16 Å². The van der Waals surface area contributed by atoms with Gasteiger partial charge in [-0.2, -0.15) is 4.68 Å². The van der Waals surface area contributed by atoms with Gasteiger partial charge in [0.15, 0.2) is 6.61 Å². The number of nitrogens with zero attached hydrogens (tertiary/aromatic N) is 4. The van der Waals surface area contributed by atoms with E-state index in [0.29, 0.717) is 27.2 Å². The molecular formula is C19H15ClN4O3S. The Hall–Kier alpha value is -3.02. The largest absolute Gasteiger partial charge is 0.497 e. The Labute approximate surface area is 171 Å². The van der Waals surface area contributed by atoms with E-state index in [4.69, 9.17) is 21.1 Å². The molecule has 0 aliphatic carbocycles. The maximum Gasteiger partial charge on any atom is 0.339 e. The zero-order chi connectivity index (χ0) is 19.8. The Balaban J connectivity index is 1.47. The fourth-order valence-electron chi connectivity index (χ4n) is 2.13. The van der Waals surface area contributed by atoms with E-state index in [9.17, 15) is 4.79 Å². The Bertz CT molecular complexity index is 995. The van der Waals surface area contributed by atoms with Crippen molar-refractivity contribution in [3.63, 3.8) is 0 Å². The summed E-state index contributed by atoms with van der Waals surface area (Å²) in [6.07, 6.45) is 0. The highest BCUT2D eigenvalue weighted by atomic mass is 35.5. The highest BCUT2D eigenvalue weighted by Gasteiger charge is 2.08. The first-order chi connectivity index (χ1) is 13.7. The van der Waals surface area contributed by atoms with E-state index in [2.05, 4.69) is 27.4 Å². The van der Waals surface area contributed by atoms with Crippen LogP contribution in [0.15, 0.2) is 53.7 Å². The van der Waals surface area contributed by atoms with Gasteiger partial charge in [0.05, 0.1) is 24.1 Å². The minimum atomic E-state index is -0.434. The summed E-state index contributed by atoms with van der Waals surface area (Å²) in [5.41, 5.74) is 1.25. The molecule has 7 nitrogen and oxygen atoms in total. The molecule has 0 N–H and O–H groups in total. The number of ether oxygens (including phenoxy) is 2. The third kappa shape index (κ3) is 5.25. The van der Waals surface area contributed by atoms with Crippen molar-refractivity contribution >= 4 is 29.3 Å². The molecule has 0 aliphatic rings. The second kappa shape index (κ2) is 9.78. The van der Waals surface area contributed by atoms with Crippen molar-refractivity contribution in [2.75, 3.05) is 19.5 Å². The van der Waals surface area contributed by atoms with Crippen LogP contribution in [0.25, 0.3) is 5.69 Å². The zero-order valence-electron chi connectivity index (χ0n) is 14.8. The molecule has 28 heavy (non-hydrogen) atoms. The van der Waals surface area contributed by atoms with E-state index in [-0.39, 0.29) is 6.61 Å². The maximum atomic E-state index is 11.9. The molecule has 0 saturated carbocycles. The number of esters is 1. The molecule has 3 rings (SSSR count). The van der Waals surface area contributed by atoms with Gasteiger partial charge in [-0.05, 0) is 59.0 Å². The fourth-order valence-corrected chi connectivity index (χ4v) is 2.92. The van der Waals surface area contributed by atoms with Gasteiger partial charge in [0.1, 0.15) is 5.75 Å². The van der Waals surface area contributed by atoms with Crippen molar-refractivity contribution in [2.24, 2.45) is 0 Å². The summed E-state index contributed by atoms with van der Waals surface area (Å²) in [6, 6.07) is 13.9. The zero-order valence-corrected chi connectivity index (χ0v) is 16.4. The molecule has 1 heterocycles. The third-order valence-corrected chi connectivity index (χ3v) is 4.57. The molecule has 0 spiro atoms. The molecule has 0 saturated heterocycles. The average Bonchev–Trinajstić information content (AvgIpc) is 3.19. The lowest BCUT2D eigenvalue weighted by atomic mass is 10.2. The lowest BCUT2D eigenvalue weighted by molar-refractivity contribution is 0.0556. The van der Waals surface area contributed by atoms with Crippen LogP contribution in [0.5, 0.6) is 5.75 Å². The monoisotopic (exact) mass is 414 g/mol. The van der Waals surface area contributed by atoms with Crippen molar-refractivity contribution in [3.05, 3.63) is 59.1 Å². The molecule has 0 unspecified atom stereocenters. The number of rotatable bonds is 6. The molecule has 0 fully saturated rings. The van der Waals surface area contributed by atoms with E-state index < -0.39 is 5.97 Å². The number of hydrogen-bond acceptors (Lipinski definition) is 7. The Morgan fingerprint density at radius 3 is 2.61 bits per heavy atom. The maximum absolute atomic E-state index is 11.9. The van der Waals surface area contributed by atoms with Crippen LogP contribution >= 0.6 is 23.4 Å². The Kier molecular flexibility index (Phi) is 6.89. The molecular weight excluding hydrogens is 400 g/mol. The van der Waals surface area contributed by atoms with Crippen LogP contribution in [0.2, 0.25) is 5.02 Å². The molecule has 0 amide bonds. The molecule has 0 atom stereocenters. The second-order valence-corrected chi connectivity index (χ2v) is 6.68. The topological polar surface area (TPSA) is 79.1 Å². The Morgan fingerprint density at radius 1 is 1.14 bits per heavy atom. The number of aromatic nitrogens is 4. The van der Waals surface area contributed by atoms with Gasteiger partial charge in [-0.15, -0.1) is 5.10 Å². The SMILES string of the molecule is COc1ccc(C(=O)OCC#CCSc2nnnn2-c2ccc(Cl)cc2)cc1. The van der Waals surface area contributed by atoms with Crippen molar-refractivity contribution in [3.8, 4) is 23.3 Å². The van der Waals surface area contributed by atoms with Crippen LogP contribution in [0.1, 0.15) is 10.4 Å². The number of methoxy groups -OCH3 is 1. The van der Waals surface area contributed by atoms with E-state index in [1.807, 2.05) is 12.1 Å². The summed E-state index contributed by atoms with van der Waals surface area (Å²) in [5, 5.41) is 12.9. The minimum Gasteiger partial charge on any atom is -0.497 e. The molecule has 0 radical (unpaired) electrons. The van der Waals surface area contributed by atoms with Gasteiger partial charge < -0.3 is 9.47 Å². The highest BCUT2D eigenvalue weighted by Crippen LogP contribution is 2.19. The Morgan fingerprint density at radius 2 is 1.89 bits per heavy atom. The van der Waals surface area contributed by atoms with Gasteiger partial charge in [-0.25, -0.2) is 4.79 Å². The molecule has 1 aromatic heterocycles. The number of hydrogen-bond donors (Lipinski definition) is 0. The number of benzene rings is 2. The van der Waals surface area contributed by atoms with Crippen LogP contribution in [0.4, 0.5) is 0 Å². The summed E-state index contributed by atoms with van der Waals surface area (Å²) < 4.78 is 11.8. The smallest absolute Gasteiger partial charge is 0.339 e. The van der Waals surface area contributed by atoms with Crippen LogP contribution < -0.4 is 4.74 Å². The van der Waals surface area contributed by atoms with Crippen LogP contribution in [-0.4, -0.2) is 45.6 Å². The first-order valence-corrected chi connectivity index (χ1v) is 9.48. The van der Waals surface area contributed by atoms with E-state index >= 15 is 0 Å². The predicted octanol–water partition coefficient (Wildman–Crippen LogP) is 3.28. The molecule has 0 aliphatic heterocycles. The summed E-state index contributed by atoms with van der Waals surface area (Å²) in [4.78, 5) is 11.9. The fraction of sp³-hybridized carbons (Fsp3) is 0.158. The highest BCUT2D eigenvalue weighted by molar-refractivity contribution is 7.99. The van der Waals surface area contributed by atoms with Gasteiger partial charge in [-0.3, -0.25) is 0 Å².